The molecule has 1 aromatic heterocycles. The van der Waals surface area contributed by atoms with Crippen molar-refractivity contribution in [1.29, 1.82) is 0 Å². The lowest BCUT2D eigenvalue weighted by Gasteiger charge is -2.14. The molecule has 0 N–H and O–H groups in total. The average molecular weight is 280 g/mol. The molecule has 1 heterocycles. The second-order valence-electron chi connectivity index (χ2n) is 2.78. The monoisotopic (exact) mass is 279 g/mol. The van der Waals surface area contributed by atoms with Crippen molar-refractivity contribution in [2.75, 3.05) is 0 Å². The maximum atomic E-state index is 12.5. The van der Waals surface area contributed by atoms with Crippen LogP contribution in [0.15, 0.2) is 6.20 Å². The van der Waals surface area contributed by atoms with E-state index in [0.717, 1.165) is 0 Å². The van der Waals surface area contributed by atoms with Gasteiger partial charge in [0.05, 0.1) is 27.7 Å². The van der Waals surface area contributed by atoms with Gasteiger partial charge in [-0.05, 0) is 0 Å². The summed E-state index contributed by atoms with van der Waals surface area (Å²) in [6.45, 7) is 0. The predicted octanol–water partition coefficient (Wildman–Crippen LogP) is 4.43. The first-order valence-electron chi connectivity index (χ1n) is 3.87. The summed E-state index contributed by atoms with van der Waals surface area (Å²) >= 11 is 10.7. The van der Waals surface area contributed by atoms with Crippen LogP contribution < -0.4 is 0 Å². The summed E-state index contributed by atoms with van der Waals surface area (Å²) in [5.41, 5.74) is -3.02. The van der Waals surface area contributed by atoms with Crippen molar-refractivity contribution in [1.82, 2.24) is 4.98 Å². The van der Waals surface area contributed by atoms with E-state index < -0.39 is 28.8 Å². The summed E-state index contributed by atoms with van der Waals surface area (Å²) in [5.74, 6) is -0.337. The molecule has 0 bridgehead atoms. The number of hydrogen-bond acceptors (Lipinski definition) is 1. The van der Waals surface area contributed by atoms with E-state index in [1.807, 2.05) is 0 Å². The van der Waals surface area contributed by atoms with E-state index in [0.29, 0.717) is 6.20 Å². The molecule has 0 aromatic carbocycles. The first-order chi connectivity index (χ1) is 7.29. The van der Waals surface area contributed by atoms with Gasteiger partial charge >= 0.3 is 6.18 Å². The molecular weight excluding hydrogens is 276 g/mol. The molecule has 8 heteroatoms. The van der Waals surface area contributed by atoms with E-state index in [1.165, 1.54) is 0 Å². The second-order valence-corrected chi connectivity index (χ2v) is 3.42. The zero-order chi connectivity index (χ0) is 12.5. The minimum atomic E-state index is -4.92. The second kappa shape index (κ2) is 4.71. The number of alkyl halides is 6. The van der Waals surface area contributed by atoms with Crippen molar-refractivity contribution in [3.63, 3.8) is 0 Å². The molecule has 0 atom stereocenters. The Balaban J connectivity index is 3.47. The molecule has 0 aliphatic rings. The lowest BCUT2D eigenvalue weighted by molar-refractivity contribution is -0.139. The van der Waals surface area contributed by atoms with Crippen LogP contribution in [0.5, 0.6) is 0 Å². The highest BCUT2D eigenvalue weighted by molar-refractivity contribution is 6.32. The van der Waals surface area contributed by atoms with Crippen molar-refractivity contribution in [2.24, 2.45) is 0 Å². The van der Waals surface area contributed by atoms with Crippen LogP contribution in [-0.2, 0) is 12.1 Å². The summed E-state index contributed by atoms with van der Waals surface area (Å²) in [5, 5.41) is -0.736. The maximum absolute atomic E-state index is 12.5. The summed E-state index contributed by atoms with van der Waals surface area (Å²) in [7, 11) is 0. The molecule has 0 saturated heterocycles. The lowest BCUT2D eigenvalue weighted by atomic mass is 10.1. The Bertz CT molecular complexity index is 391. The molecule has 0 aliphatic carbocycles. The number of halogens is 7. The molecule has 1 nitrogen and oxygen atoms in total. The summed E-state index contributed by atoms with van der Waals surface area (Å²) in [6.07, 6.45) is -7.95. The molecule has 0 unspecified atom stereocenters. The van der Waals surface area contributed by atoms with Gasteiger partial charge in [0.1, 0.15) is 0 Å². The first kappa shape index (κ1) is 13.4. The molecule has 90 valence electrons. The van der Waals surface area contributed by atoms with Gasteiger partial charge in [-0.15, -0.1) is 11.6 Å². The third kappa shape index (κ3) is 2.55. The van der Waals surface area contributed by atoms with Crippen LogP contribution in [0.25, 0.3) is 0 Å². The lowest BCUT2D eigenvalue weighted by Crippen LogP contribution is -2.12. The Morgan fingerprint density at radius 3 is 2.25 bits per heavy atom. The van der Waals surface area contributed by atoms with Gasteiger partial charge in [-0.3, -0.25) is 4.98 Å². The third-order valence-corrected chi connectivity index (χ3v) is 2.45. The maximum Gasteiger partial charge on any atom is 0.418 e. The molecule has 1 aromatic rings. The van der Waals surface area contributed by atoms with E-state index in [4.69, 9.17) is 23.2 Å². The van der Waals surface area contributed by atoms with Crippen LogP contribution in [0.4, 0.5) is 22.0 Å². The van der Waals surface area contributed by atoms with Crippen molar-refractivity contribution in [3.05, 3.63) is 28.0 Å². The summed E-state index contributed by atoms with van der Waals surface area (Å²) in [4.78, 5) is 3.29. The van der Waals surface area contributed by atoms with Gasteiger partial charge in [0.2, 0.25) is 0 Å². The fourth-order valence-corrected chi connectivity index (χ4v) is 1.65. The SMILES string of the molecule is FC(F)c1c(C(F)(F)F)cnc(CCl)c1Cl. The quantitative estimate of drug-likeness (QED) is 0.576. The Morgan fingerprint density at radius 2 is 1.88 bits per heavy atom. The Morgan fingerprint density at radius 1 is 1.31 bits per heavy atom. The van der Waals surface area contributed by atoms with Crippen LogP contribution in [0, 0.1) is 0 Å². The normalized spacial score (nSPS) is 12.2. The van der Waals surface area contributed by atoms with Crippen molar-refractivity contribution >= 4 is 23.2 Å². The third-order valence-electron chi connectivity index (χ3n) is 1.78. The highest BCUT2D eigenvalue weighted by Crippen LogP contribution is 2.40. The fourth-order valence-electron chi connectivity index (χ4n) is 1.07. The zero-order valence-electron chi connectivity index (χ0n) is 7.45. The minimum absolute atomic E-state index is 0.202. The number of aromatic nitrogens is 1. The van der Waals surface area contributed by atoms with Crippen LogP contribution in [-0.4, -0.2) is 4.98 Å². The van der Waals surface area contributed by atoms with Gasteiger partial charge in [0.25, 0.3) is 6.43 Å². The van der Waals surface area contributed by atoms with Crippen LogP contribution in [0.1, 0.15) is 23.2 Å². The number of pyridine rings is 1. The van der Waals surface area contributed by atoms with E-state index in [9.17, 15) is 22.0 Å². The van der Waals surface area contributed by atoms with Gasteiger partial charge in [0, 0.05) is 6.20 Å². The topological polar surface area (TPSA) is 12.9 Å². The molecule has 0 spiro atoms. The summed E-state index contributed by atoms with van der Waals surface area (Å²) < 4.78 is 62.0. The van der Waals surface area contributed by atoms with Crippen molar-refractivity contribution in [3.8, 4) is 0 Å². The Labute approximate surface area is 97.2 Å². The Hall–Kier alpha value is -0.620. The van der Waals surface area contributed by atoms with Crippen molar-refractivity contribution < 1.29 is 22.0 Å². The molecular formula is C8H4Cl2F5N. The number of rotatable bonds is 2. The molecule has 0 aliphatic heterocycles. The standard InChI is InChI=1S/C8H4Cl2F5N/c9-1-4-6(10)5(7(11)12)3(2-16-4)8(13,14)15/h2,7H,1H2. The summed E-state index contributed by atoms with van der Waals surface area (Å²) in [6, 6.07) is 0. The molecule has 16 heavy (non-hydrogen) atoms. The fraction of sp³-hybridized carbons (Fsp3) is 0.375. The Kier molecular flexibility index (Phi) is 3.96. The highest BCUT2D eigenvalue weighted by Gasteiger charge is 2.38. The minimum Gasteiger partial charge on any atom is -0.258 e. The smallest absolute Gasteiger partial charge is 0.258 e. The average Bonchev–Trinajstić information content (AvgIpc) is 2.15. The number of hydrogen-bond donors (Lipinski definition) is 0. The molecule has 0 fully saturated rings. The van der Waals surface area contributed by atoms with E-state index in [-0.39, 0.29) is 11.6 Å². The molecule has 0 amide bonds. The van der Waals surface area contributed by atoms with Gasteiger partial charge in [0.15, 0.2) is 0 Å². The van der Waals surface area contributed by atoms with Gasteiger partial charge in [-0.2, -0.15) is 13.2 Å². The largest absolute Gasteiger partial charge is 0.418 e. The first-order valence-corrected chi connectivity index (χ1v) is 4.78. The van der Waals surface area contributed by atoms with Gasteiger partial charge < -0.3 is 0 Å². The molecule has 0 saturated carbocycles. The molecule has 0 radical (unpaired) electrons. The number of nitrogens with zero attached hydrogens (tertiary/aromatic N) is 1. The van der Waals surface area contributed by atoms with Gasteiger partial charge in [-0.25, -0.2) is 8.78 Å². The predicted molar refractivity (Wildman–Crippen MR) is 48.8 cm³/mol. The highest BCUT2D eigenvalue weighted by atomic mass is 35.5. The zero-order valence-corrected chi connectivity index (χ0v) is 8.97. The van der Waals surface area contributed by atoms with E-state index in [1.54, 1.807) is 0 Å². The van der Waals surface area contributed by atoms with E-state index in [2.05, 4.69) is 4.98 Å². The van der Waals surface area contributed by atoms with Crippen LogP contribution in [0.3, 0.4) is 0 Å². The van der Waals surface area contributed by atoms with Crippen LogP contribution in [0.2, 0.25) is 5.02 Å². The van der Waals surface area contributed by atoms with Crippen molar-refractivity contribution in [2.45, 2.75) is 18.5 Å². The van der Waals surface area contributed by atoms with E-state index >= 15 is 0 Å². The van der Waals surface area contributed by atoms with Gasteiger partial charge in [-0.1, -0.05) is 11.6 Å². The molecule has 1 rings (SSSR count). The van der Waals surface area contributed by atoms with Crippen LogP contribution >= 0.6 is 23.2 Å².